The van der Waals surface area contributed by atoms with Crippen LogP contribution in [0.5, 0.6) is 0 Å². The van der Waals surface area contributed by atoms with Crippen molar-refractivity contribution in [2.24, 2.45) is 0 Å². The van der Waals surface area contributed by atoms with Crippen molar-refractivity contribution < 1.29 is 4.74 Å². The van der Waals surface area contributed by atoms with Crippen molar-refractivity contribution in [3.8, 4) is 0 Å². The van der Waals surface area contributed by atoms with E-state index in [-0.39, 0.29) is 0 Å². The third-order valence-corrected chi connectivity index (χ3v) is 4.31. The third kappa shape index (κ3) is 3.58. The van der Waals surface area contributed by atoms with Crippen LogP contribution in [0.1, 0.15) is 35.9 Å². The Balaban J connectivity index is 1.77. The van der Waals surface area contributed by atoms with Crippen LogP contribution in [0.25, 0.3) is 0 Å². The molecule has 0 saturated carbocycles. The van der Waals surface area contributed by atoms with Gasteiger partial charge < -0.3 is 10.1 Å². The van der Waals surface area contributed by atoms with Gasteiger partial charge in [0.2, 0.25) is 0 Å². The SMILES string of the molecule is CCc1ccc(CNC2CCCOCC2)s1. The molecule has 1 fully saturated rings. The lowest BCUT2D eigenvalue weighted by Crippen LogP contribution is -2.28. The minimum absolute atomic E-state index is 0.648. The Kier molecular flexibility index (Phi) is 4.82. The van der Waals surface area contributed by atoms with Gasteiger partial charge in [0.15, 0.2) is 0 Å². The molecule has 0 spiro atoms. The first kappa shape index (κ1) is 12.1. The van der Waals surface area contributed by atoms with Crippen LogP contribution in [0.4, 0.5) is 0 Å². The summed E-state index contributed by atoms with van der Waals surface area (Å²) < 4.78 is 5.46. The van der Waals surface area contributed by atoms with E-state index in [4.69, 9.17) is 4.74 Å². The van der Waals surface area contributed by atoms with Crippen LogP contribution in [0.15, 0.2) is 12.1 Å². The van der Waals surface area contributed by atoms with Crippen molar-refractivity contribution in [1.29, 1.82) is 0 Å². The smallest absolute Gasteiger partial charge is 0.0480 e. The predicted octanol–water partition coefficient (Wildman–Crippen LogP) is 2.97. The maximum absolute atomic E-state index is 5.46. The van der Waals surface area contributed by atoms with Crippen molar-refractivity contribution in [3.05, 3.63) is 21.9 Å². The fraction of sp³-hybridized carbons (Fsp3) is 0.692. The van der Waals surface area contributed by atoms with Crippen molar-refractivity contribution in [2.45, 2.75) is 45.2 Å². The second-order valence-electron chi connectivity index (χ2n) is 4.34. The Bertz CT molecular complexity index is 303. The minimum Gasteiger partial charge on any atom is -0.381 e. The molecule has 1 N–H and O–H groups in total. The van der Waals surface area contributed by atoms with Crippen LogP contribution in [-0.4, -0.2) is 19.3 Å². The van der Waals surface area contributed by atoms with Crippen LogP contribution in [-0.2, 0) is 17.7 Å². The molecule has 0 bridgehead atoms. The topological polar surface area (TPSA) is 21.3 Å². The fourth-order valence-electron chi connectivity index (χ4n) is 2.06. The summed E-state index contributed by atoms with van der Waals surface area (Å²) in [6.45, 7) is 5.10. The number of nitrogens with one attached hydrogen (secondary N) is 1. The van der Waals surface area contributed by atoms with Gasteiger partial charge in [0.1, 0.15) is 0 Å². The molecule has 1 atom stereocenters. The largest absolute Gasteiger partial charge is 0.381 e. The predicted molar refractivity (Wildman–Crippen MR) is 69.0 cm³/mol. The zero-order valence-corrected chi connectivity index (χ0v) is 10.8. The van der Waals surface area contributed by atoms with Crippen molar-refractivity contribution in [3.63, 3.8) is 0 Å². The number of hydrogen-bond donors (Lipinski definition) is 1. The van der Waals surface area contributed by atoms with Gasteiger partial charge in [-0.3, -0.25) is 0 Å². The Morgan fingerprint density at radius 2 is 2.19 bits per heavy atom. The zero-order chi connectivity index (χ0) is 11.2. The van der Waals surface area contributed by atoms with E-state index in [9.17, 15) is 0 Å². The van der Waals surface area contributed by atoms with Gasteiger partial charge in [-0.1, -0.05) is 6.92 Å². The van der Waals surface area contributed by atoms with Gasteiger partial charge in [-0.25, -0.2) is 0 Å². The highest BCUT2D eigenvalue weighted by Crippen LogP contribution is 2.17. The van der Waals surface area contributed by atoms with Crippen molar-refractivity contribution in [2.75, 3.05) is 13.2 Å². The summed E-state index contributed by atoms with van der Waals surface area (Å²) in [4.78, 5) is 2.95. The van der Waals surface area contributed by atoms with Crippen LogP contribution in [0.3, 0.4) is 0 Å². The van der Waals surface area contributed by atoms with Gasteiger partial charge in [-0.05, 0) is 37.8 Å². The van der Waals surface area contributed by atoms with Crippen molar-refractivity contribution in [1.82, 2.24) is 5.32 Å². The summed E-state index contributed by atoms with van der Waals surface area (Å²) in [5.74, 6) is 0. The lowest BCUT2D eigenvalue weighted by molar-refractivity contribution is 0.142. The van der Waals surface area contributed by atoms with E-state index in [1.807, 2.05) is 11.3 Å². The number of ether oxygens (including phenoxy) is 1. The van der Waals surface area contributed by atoms with Crippen LogP contribution >= 0.6 is 11.3 Å². The molecule has 1 saturated heterocycles. The normalized spacial score (nSPS) is 21.9. The summed E-state index contributed by atoms with van der Waals surface area (Å²) in [6.07, 6.45) is 4.77. The molecular weight excluding hydrogens is 218 g/mol. The Morgan fingerprint density at radius 1 is 1.31 bits per heavy atom. The summed E-state index contributed by atoms with van der Waals surface area (Å²) in [7, 11) is 0. The fourth-order valence-corrected chi connectivity index (χ4v) is 2.97. The van der Waals surface area contributed by atoms with Gasteiger partial charge in [-0.15, -0.1) is 11.3 Å². The Hall–Kier alpha value is -0.380. The molecule has 0 aromatic carbocycles. The van der Waals surface area contributed by atoms with E-state index in [1.54, 1.807) is 0 Å². The summed E-state index contributed by atoms with van der Waals surface area (Å²) >= 11 is 1.93. The van der Waals surface area contributed by atoms with E-state index >= 15 is 0 Å². The van der Waals surface area contributed by atoms with Crippen LogP contribution in [0.2, 0.25) is 0 Å². The second-order valence-corrected chi connectivity index (χ2v) is 5.60. The summed E-state index contributed by atoms with van der Waals surface area (Å²) in [6, 6.07) is 5.15. The number of aryl methyl sites for hydroxylation is 1. The average Bonchev–Trinajstić information content (AvgIpc) is 2.61. The number of thiophene rings is 1. The second kappa shape index (κ2) is 6.38. The molecule has 1 aromatic rings. The molecule has 1 unspecified atom stereocenters. The van der Waals surface area contributed by atoms with Gasteiger partial charge in [0, 0.05) is 35.6 Å². The van der Waals surface area contributed by atoms with E-state index in [1.165, 1.54) is 22.6 Å². The Morgan fingerprint density at radius 3 is 3.00 bits per heavy atom. The molecule has 1 aromatic heterocycles. The standard InChI is InChI=1S/C13H21NOS/c1-2-12-5-6-13(16-12)10-14-11-4-3-8-15-9-7-11/h5-6,11,14H,2-4,7-10H2,1H3. The minimum atomic E-state index is 0.648. The molecular formula is C13H21NOS. The summed E-state index contributed by atoms with van der Waals surface area (Å²) in [5, 5.41) is 3.65. The molecule has 3 heteroatoms. The lowest BCUT2D eigenvalue weighted by atomic mass is 10.1. The maximum Gasteiger partial charge on any atom is 0.0480 e. The maximum atomic E-state index is 5.46. The monoisotopic (exact) mass is 239 g/mol. The highest BCUT2D eigenvalue weighted by atomic mass is 32.1. The highest BCUT2D eigenvalue weighted by Gasteiger charge is 2.11. The first-order valence-corrected chi connectivity index (χ1v) is 7.09. The molecule has 16 heavy (non-hydrogen) atoms. The van der Waals surface area contributed by atoms with E-state index in [0.717, 1.165) is 32.6 Å². The molecule has 1 aliphatic rings. The quantitative estimate of drug-likeness (QED) is 0.872. The first-order chi connectivity index (χ1) is 7.88. The summed E-state index contributed by atoms with van der Waals surface area (Å²) in [5.41, 5.74) is 0. The molecule has 2 rings (SSSR count). The van der Waals surface area contributed by atoms with Crippen molar-refractivity contribution >= 4 is 11.3 Å². The lowest BCUT2D eigenvalue weighted by Gasteiger charge is -2.14. The molecule has 2 nitrogen and oxygen atoms in total. The average molecular weight is 239 g/mol. The molecule has 0 aliphatic carbocycles. The molecule has 0 radical (unpaired) electrons. The molecule has 90 valence electrons. The van der Waals surface area contributed by atoms with Crippen LogP contribution in [0, 0.1) is 0 Å². The molecule has 2 heterocycles. The van der Waals surface area contributed by atoms with Gasteiger partial charge >= 0.3 is 0 Å². The molecule has 1 aliphatic heterocycles. The van der Waals surface area contributed by atoms with Gasteiger partial charge in [0.25, 0.3) is 0 Å². The number of rotatable bonds is 4. The molecule has 0 amide bonds. The van der Waals surface area contributed by atoms with Crippen LogP contribution < -0.4 is 5.32 Å². The van der Waals surface area contributed by atoms with Gasteiger partial charge in [-0.2, -0.15) is 0 Å². The Labute approximate surface area is 102 Å². The third-order valence-electron chi connectivity index (χ3n) is 3.08. The van der Waals surface area contributed by atoms with E-state index in [2.05, 4.69) is 24.4 Å². The highest BCUT2D eigenvalue weighted by molar-refractivity contribution is 7.11. The van der Waals surface area contributed by atoms with E-state index < -0.39 is 0 Å². The number of hydrogen-bond acceptors (Lipinski definition) is 3. The van der Waals surface area contributed by atoms with Gasteiger partial charge in [0.05, 0.1) is 0 Å². The van der Waals surface area contributed by atoms with E-state index in [0.29, 0.717) is 6.04 Å². The first-order valence-electron chi connectivity index (χ1n) is 6.27. The zero-order valence-electron chi connectivity index (χ0n) is 10.00.